The zero-order valence-corrected chi connectivity index (χ0v) is 19.2. The lowest BCUT2D eigenvalue weighted by Crippen LogP contribution is -2.21. The Labute approximate surface area is 194 Å². The van der Waals surface area contributed by atoms with Crippen molar-refractivity contribution in [2.24, 2.45) is 0 Å². The minimum Gasteiger partial charge on any atom is -0.497 e. The Kier molecular flexibility index (Phi) is 6.21. The molecule has 4 aromatic rings. The summed E-state index contributed by atoms with van der Waals surface area (Å²) in [7, 11) is 1.62. The molecule has 4 rings (SSSR count). The van der Waals surface area contributed by atoms with Gasteiger partial charge in [-0.05, 0) is 73.5 Å². The molecule has 0 bridgehead atoms. The van der Waals surface area contributed by atoms with Gasteiger partial charge in [0.2, 0.25) is 0 Å². The van der Waals surface area contributed by atoms with E-state index in [1.807, 2.05) is 44.2 Å². The number of carbonyl (C=O) groups is 1. The molecular formula is C23H20Cl2N4O3. The van der Waals surface area contributed by atoms with Crippen LogP contribution >= 0.6 is 23.2 Å². The van der Waals surface area contributed by atoms with Gasteiger partial charge in [-0.1, -0.05) is 23.2 Å². The standard InChI is InChI=1S/C23H20Cl2N4O3/c1-13-9-20-21(28-29(27-20)16-4-6-17(31-3)7-5-16)11-19(13)26-22(30)12-32-23-14(2)8-15(24)10-18(23)25/h4-11H,12H2,1-3H3,(H,26,30). The Morgan fingerprint density at radius 1 is 1.00 bits per heavy atom. The van der Waals surface area contributed by atoms with Gasteiger partial charge in [-0.15, -0.1) is 10.2 Å². The van der Waals surface area contributed by atoms with Crippen LogP contribution in [0.15, 0.2) is 48.5 Å². The third-order valence-electron chi connectivity index (χ3n) is 4.85. The summed E-state index contributed by atoms with van der Waals surface area (Å²) in [5, 5.41) is 12.8. The molecule has 1 heterocycles. The summed E-state index contributed by atoms with van der Waals surface area (Å²) in [6.45, 7) is 3.51. The second-order valence-electron chi connectivity index (χ2n) is 7.21. The zero-order chi connectivity index (χ0) is 22.8. The van der Waals surface area contributed by atoms with Gasteiger partial charge in [-0.3, -0.25) is 4.79 Å². The molecule has 0 fully saturated rings. The lowest BCUT2D eigenvalue weighted by Gasteiger charge is -2.12. The van der Waals surface area contributed by atoms with E-state index in [1.54, 1.807) is 30.1 Å². The maximum absolute atomic E-state index is 12.5. The average molecular weight is 471 g/mol. The highest BCUT2D eigenvalue weighted by atomic mass is 35.5. The maximum Gasteiger partial charge on any atom is 0.262 e. The number of halogens is 2. The molecule has 0 aliphatic rings. The molecule has 9 heteroatoms. The largest absolute Gasteiger partial charge is 0.497 e. The van der Waals surface area contributed by atoms with Crippen molar-refractivity contribution in [2.75, 3.05) is 19.0 Å². The van der Waals surface area contributed by atoms with Crippen molar-refractivity contribution >= 4 is 45.8 Å². The summed E-state index contributed by atoms with van der Waals surface area (Å²) in [4.78, 5) is 14.0. The number of aromatic nitrogens is 3. The van der Waals surface area contributed by atoms with E-state index in [-0.39, 0.29) is 12.5 Å². The predicted octanol–water partition coefficient (Wildman–Crippen LogP) is 5.37. The molecule has 1 amide bonds. The number of aryl methyl sites for hydroxylation is 2. The molecule has 32 heavy (non-hydrogen) atoms. The third-order valence-corrected chi connectivity index (χ3v) is 5.34. The van der Waals surface area contributed by atoms with Gasteiger partial charge in [0, 0.05) is 10.7 Å². The van der Waals surface area contributed by atoms with Crippen molar-refractivity contribution in [3.05, 3.63) is 69.7 Å². The van der Waals surface area contributed by atoms with E-state index >= 15 is 0 Å². The van der Waals surface area contributed by atoms with Crippen LogP contribution in [0.2, 0.25) is 10.0 Å². The van der Waals surface area contributed by atoms with E-state index in [0.717, 1.165) is 28.1 Å². The second kappa shape index (κ2) is 9.06. The quantitative estimate of drug-likeness (QED) is 0.409. The Balaban J connectivity index is 1.50. The molecule has 0 spiro atoms. The number of fused-ring (bicyclic) bond motifs is 1. The fraction of sp³-hybridized carbons (Fsp3) is 0.174. The van der Waals surface area contributed by atoms with Crippen molar-refractivity contribution in [1.29, 1.82) is 0 Å². The van der Waals surface area contributed by atoms with E-state index in [4.69, 9.17) is 32.7 Å². The van der Waals surface area contributed by atoms with Crippen LogP contribution < -0.4 is 14.8 Å². The smallest absolute Gasteiger partial charge is 0.262 e. The molecule has 0 aliphatic heterocycles. The number of rotatable bonds is 6. The van der Waals surface area contributed by atoms with Gasteiger partial charge in [-0.2, -0.15) is 4.80 Å². The van der Waals surface area contributed by atoms with Crippen molar-refractivity contribution in [3.8, 4) is 17.2 Å². The topological polar surface area (TPSA) is 78.3 Å². The number of nitrogens with zero attached hydrogens (tertiary/aromatic N) is 3. The Morgan fingerprint density at radius 3 is 2.34 bits per heavy atom. The zero-order valence-electron chi connectivity index (χ0n) is 17.6. The van der Waals surface area contributed by atoms with Gasteiger partial charge in [0.1, 0.15) is 22.5 Å². The summed E-state index contributed by atoms with van der Waals surface area (Å²) in [5.74, 6) is 0.866. The lowest BCUT2D eigenvalue weighted by molar-refractivity contribution is -0.118. The minimum absolute atomic E-state index is 0.196. The first-order valence-corrected chi connectivity index (χ1v) is 10.5. The summed E-state index contributed by atoms with van der Waals surface area (Å²) in [6, 6.07) is 14.4. The molecule has 7 nitrogen and oxygen atoms in total. The molecule has 0 atom stereocenters. The highest BCUT2D eigenvalue weighted by Gasteiger charge is 2.13. The summed E-state index contributed by atoms with van der Waals surface area (Å²) in [6.07, 6.45) is 0. The molecule has 1 N–H and O–H groups in total. The van der Waals surface area contributed by atoms with E-state index in [0.29, 0.717) is 27.0 Å². The Hall–Kier alpha value is -3.29. The van der Waals surface area contributed by atoms with Gasteiger partial charge in [0.15, 0.2) is 6.61 Å². The minimum atomic E-state index is -0.319. The molecule has 0 aliphatic carbocycles. The van der Waals surface area contributed by atoms with Crippen molar-refractivity contribution in [3.63, 3.8) is 0 Å². The molecule has 0 saturated carbocycles. The van der Waals surface area contributed by atoms with Gasteiger partial charge in [0.25, 0.3) is 5.91 Å². The highest BCUT2D eigenvalue weighted by molar-refractivity contribution is 6.35. The number of methoxy groups -OCH3 is 1. The fourth-order valence-electron chi connectivity index (χ4n) is 3.23. The summed E-state index contributed by atoms with van der Waals surface area (Å²) < 4.78 is 10.8. The second-order valence-corrected chi connectivity index (χ2v) is 8.06. The average Bonchev–Trinajstić information content (AvgIpc) is 3.16. The van der Waals surface area contributed by atoms with Crippen LogP contribution in [-0.4, -0.2) is 34.6 Å². The first-order chi connectivity index (χ1) is 15.3. The van der Waals surface area contributed by atoms with Gasteiger partial charge in [-0.25, -0.2) is 0 Å². The fourth-order valence-corrected chi connectivity index (χ4v) is 3.88. The summed E-state index contributed by atoms with van der Waals surface area (Å²) in [5.41, 5.74) is 4.41. The number of nitrogens with one attached hydrogen (secondary N) is 1. The Bertz CT molecular complexity index is 1280. The van der Waals surface area contributed by atoms with Crippen molar-refractivity contribution in [1.82, 2.24) is 15.0 Å². The molecule has 0 unspecified atom stereocenters. The molecule has 164 valence electrons. The van der Waals surface area contributed by atoms with Crippen LogP contribution in [0.5, 0.6) is 11.5 Å². The van der Waals surface area contributed by atoms with Crippen LogP contribution in [-0.2, 0) is 4.79 Å². The molecule has 1 aromatic heterocycles. The van der Waals surface area contributed by atoms with Crippen molar-refractivity contribution < 1.29 is 14.3 Å². The first kappa shape index (κ1) is 21.9. The molecule has 3 aromatic carbocycles. The van der Waals surface area contributed by atoms with E-state index < -0.39 is 0 Å². The predicted molar refractivity (Wildman–Crippen MR) is 125 cm³/mol. The van der Waals surface area contributed by atoms with Crippen LogP contribution in [0.1, 0.15) is 11.1 Å². The number of amides is 1. The van der Waals surface area contributed by atoms with E-state index in [9.17, 15) is 4.79 Å². The van der Waals surface area contributed by atoms with Gasteiger partial charge in [0.05, 0.1) is 17.8 Å². The normalized spacial score (nSPS) is 10.9. The number of anilines is 1. The number of carbonyl (C=O) groups excluding carboxylic acids is 1. The first-order valence-electron chi connectivity index (χ1n) is 9.74. The molecular weight excluding hydrogens is 451 g/mol. The number of benzene rings is 3. The molecule has 0 radical (unpaired) electrons. The molecule has 0 saturated heterocycles. The number of hydrogen-bond donors (Lipinski definition) is 1. The van der Waals surface area contributed by atoms with Crippen LogP contribution in [0.4, 0.5) is 5.69 Å². The number of hydrogen-bond acceptors (Lipinski definition) is 5. The number of ether oxygens (including phenoxy) is 2. The van der Waals surface area contributed by atoms with E-state index in [2.05, 4.69) is 15.5 Å². The van der Waals surface area contributed by atoms with Crippen LogP contribution in [0, 0.1) is 13.8 Å². The third kappa shape index (κ3) is 4.64. The van der Waals surface area contributed by atoms with Crippen molar-refractivity contribution in [2.45, 2.75) is 13.8 Å². The van der Waals surface area contributed by atoms with E-state index in [1.165, 1.54) is 0 Å². The monoisotopic (exact) mass is 470 g/mol. The maximum atomic E-state index is 12.5. The summed E-state index contributed by atoms with van der Waals surface area (Å²) >= 11 is 12.1. The Morgan fingerprint density at radius 2 is 1.69 bits per heavy atom. The SMILES string of the molecule is COc1ccc(-n2nc3cc(C)c(NC(=O)COc4c(C)cc(Cl)cc4Cl)cc3n2)cc1. The van der Waals surface area contributed by atoms with Gasteiger partial charge >= 0.3 is 0 Å². The highest BCUT2D eigenvalue weighted by Crippen LogP contribution is 2.32. The van der Waals surface area contributed by atoms with Crippen LogP contribution in [0.3, 0.4) is 0 Å². The lowest BCUT2D eigenvalue weighted by atomic mass is 10.1. The van der Waals surface area contributed by atoms with Gasteiger partial charge < -0.3 is 14.8 Å². The van der Waals surface area contributed by atoms with Crippen LogP contribution in [0.25, 0.3) is 16.7 Å².